The number of morpholine rings is 1. The van der Waals surface area contributed by atoms with Crippen LogP contribution in [0.4, 0.5) is 10.1 Å². The van der Waals surface area contributed by atoms with Crippen LogP contribution in [0.15, 0.2) is 78.9 Å². The van der Waals surface area contributed by atoms with Crippen molar-refractivity contribution >= 4 is 51.7 Å². The standard InChI is InChI=1S/C24H26ClFN2O3S.C6H5Cl.C2H5NO/c25-18-9-7-17(8-10-18)23-14-31-15-24(29)28(23)22(16-5-6-16)13-27(32(30)19-11-12-19)21-4-2-1-3-20(21)26;7-6-4-2-1-3-5-6;1-2(3)4/h1-4,7-10,16,19,22-23H,5-6,11-15H2;1-5H;1H3,(H2,3,4). The number of carbonyl (C=O) groups excluding carboxylic acids is 2. The maximum atomic E-state index is 14.8. The summed E-state index contributed by atoms with van der Waals surface area (Å²) in [7, 11) is -1.34. The predicted octanol–water partition coefficient (Wildman–Crippen LogP) is 6.32. The quantitative estimate of drug-likeness (QED) is 0.310. The lowest BCUT2D eigenvalue weighted by Crippen LogP contribution is -2.54. The molecule has 2 amide bonds. The van der Waals surface area contributed by atoms with Gasteiger partial charge in [-0.2, -0.15) is 0 Å². The normalized spacial score (nSPS) is 19.2. The SMILES string of the molecule is CC(N)=O.Clc1ccccc1.O=C1COCC(c2ccc(Cl)cc2)N1C(CN(c1ccccc1F)S(=O)C1CC1)C1CC1. The molecule has 0 aromatic heterocycles. The van der Waals surface area contributed by atoms with Crippen LogP contribution in [0.2, 0.25) is 10.0 Å². The average Bonchev–Trinajstić information content (AvgIpc) is 3.90. The molecule has 2 aliphatic carbocycles. The minimum Gasteiger partial charge on any atom is -0.370 e. The van der Waals surface area contributed by atoms with Crippen molar-refractivity contribution in [1.82, 2.24) is 4.90 Å². The maximum absolute atomic E-state index is 14.8. The molecule has 2 N–H and O–H groups in total. The molecular weight excluding hydrogens is 612 g/mol. The fraction of sp³-hybridized carbons (Fsp3) is 0.375. The van der Waals surface area contributed by atoms with Crippen LogP contribution in [0, 0.1) is 11.7 Å². The molecule has 0 bridgehead atoms. The third-order valence-electron chi connectivity index (χ3n) is 7.14. The maximum Gasteiger partial charge on any atom is 0.249 e. The zero-order chi connectivity index (χ0) is 30.9. The molecule has 11 heteroatoms. The van der Waals surface area contributed by atoms with Crippen LogP contribution in [-0.2, 0) is 25.3 Å². The van der Waals surface area contributed by atoms with E-state index in [1.807, 2.05) is 59.5 Å². The van der Waals surface area contributed by atoms with E-state index in [0.29, 0.717) is 29.8 Å². The van der Waals surface area contributed by atoms with Gasteiger partial charge in [0.2, 0.25) is 11.8 Å². The first kappa shape index (κ1) is 32.9. The zero-order valence-corrected chi connectivity index (χ0v) is 26.2. The summed E-state index contributed by atoms with van der Waals surface area (Å²) in [6.07, 6.45) is 3.78. The van der Waals surface area contributed by atoms with Crippen LogP contribution in [0.25, 0.3) is 0 Å². The Morgan fingerprint density at radius 1 is 1.00 bits per heavy atom. The Morgan fingerprint density at radius 3 is 2.12 bits per heavy atom. The van der Waals surface area contributed by atoms with Crippen LogP contribution in [0.1, 0.15) is 44.2 Å². The van der Waals surface area contributed by atoms with Gasteiger partial charge in [-0.3, -0.25) is 13.9 Å². The molecule has 1 heterocycles. The molecule has 3 aromatic carbocycles. The lowest BCUT2D eigenvalue weighted by Gasteiger charge is -2.43. The van der Waals surface area contributed by atoms with E-state index >= 15 is 0 Å². The van der Waals surface area contributed by atoms with Gasteiger partial charge in [0.05, 0.1) is 36.2 Å². The second-order valence-electron chi connectivity index (χ2n) is 10.7. The van der Waals surface area contributed by atoms with Gasteiger partial charge in [0.15, 0.2) is 0 Å². The molecule has 1 aliphatic heterocycles. The Labute approximate surface area is 264 Å². The third-order valence-corrected chi connectivity index (χ3v) is 9.46. The molecule has 1 saturated heterocycles. The molecular formula is C32H36Cl2FN3O4S. The van der Waals surface area contributed by atoms with Crippen molar-refractivity contribution in [1.29, 1.82) is 0 Å². The van der Waals surface area contributed by atoms with Gasteiger partial charge in [-0.05, 0) is 73.6 Å². The van der Waals surface area contributed by atoms with E-state index in [0.717, 1.165) is 36.3 Å². The highest BCUT2D eigenvalue weighted by Crippen LogP contribution is 2.42. The molecule has 43 heavy (non-hydrogen) atoms. The number of anilines is 1. The number of rotatable bonds is 8. The Balaban J connectivity index is 0.000000326. The Kier molecular flexibility index (Phi) is 12.0. The van der Waals surface area contributed by atoms with E-state index in [2.05, 4.69) is 5.73 Å². The van der Waals surface area contributed by atoms with Gasteiger partial charge in [-0.1, -0.05) is 65.7 Å². The number of carbonyl (C=O) groups is 2. The number of ether oxygens (including phenoxy) is 1. The van der Waals surface area contributed by atoms with Gasteiger partial charge in [0.25, 0.3) is 0 Å². The van der Waals surface area contributed by atoms with Gasteiger partial charge in [-0.15, -0.1) is 0 Å². The molecule has 230 valence electrons. The van der Waals surface area contributed by atoms with Gasteiger partial charge < -0.3 is 15.4 Å². The monoisotopic (exact) mass is 647 g/mol. The van der Waals surface area contributed by atoms with Crippen molar-refractivity contribution < 1.29 is 22.9 Å². The zero-order valence-electron chi connectivity index (χ0n) is 23.9. The summed E-state index contributed by atoms with van der Waals surface area (Å²) in [4.78, 5) is 24.3. The van der Waals surface area contributed by atoms with Crippen molar-refractivity contribution in [2.24, 2.45) is 11.7 Å². The van der Waals surface area contributed by atoms with E-state index in [1.165, 1.54) is 13.0 Å². The van der Waals surface area contributed by atoms with Crippen molar-refractivity contribution in [2.75, 3.05) is 24.1 Å². The van der Waals surface area contributed by atoms with Crippen LogP contribution < -0.4 is 10.0 Å². The van der Waals surface area contributed by atoms with Crippen LogP contribution in [-0.4, -0.2) is 52.0 Å². The molecule has 0 spiro atoms. The lowest BCUT2D eigenvalue weighted by atomic mass is 10.00. The largest absolute Gasteiger partial charge is 0.370 e. The first-order chi connectivity index (χ1) is 20.7. The summed E-state index contributed by atoms with van der Waals surface area (Å²) in [5.74, 6) is -0.505. The Bertz CT molecular complexity index is 1390. The molecule has 6 rings (SSSR count). The number of amides is 2. The number of nitrogens with zero attached hydrogens (tertiary/aromatic N) is 2. The molecule has 7 nitrogen and oxygen atoms in total. The lowest BCUT2D eigenvalue weighted by molar-refractivity contribution is -0.152. The van der Waals surface area contributed by atoms with Crippen molar-refractivity contribution in [3.63, 3.8) is 0 Å². The highest BCUT2D eigenvalue weighted by atomic mass is 35.5. The van der Waals surface area contributed by atoms with Gasteiger partial charge in [0, 0.05) is 17.0 Å². The second kappa shape index (κ2) is 15.7. The number of para-hydroxylation sites is 1. The summed E-state index contributed by atoms with van der Waals surface area (Å²) in [6.45, 7) is 2.06. The minimum atomic E-state index is -1.34. The van der Waals surface area contributed by atoms with Gasteiger partial charge >= 0.3 is 0 Å². The predicted molar refractivity (Wildman–Crippen MR) is 170 cm³/mol. The number of primary amides is 1. The average molecular weight is 649 g/mol. The number of hydrogen-bond acceptors (Lipinski definition) is 4. The number of nitrogens with two attached hydrogens (primary N) is 1. The topological polar surface area (TPSA) is 92.9 Å². The highest BCUT2D eigenvalue weighted by Gasteiger charge is 2.45. The van der Waals surface area contributed by atoms with E-state index in [1.54, 1.807) is 22.5 Å². The van der Waals surface area contributed by atoms with E-state index < -0.39 is 16.8 Å². The van der Waals surface area contributed by atoms with Crippen molar-refractivity contribution in [3.05, 3.63) is 100 Å². The first-order valence-electron chi connectivity index (χ1n) is 14.2. The van der Waals surface area contributed by atoms with Crippen molar-refractivity contribution in [3.8, 4) is 0 Å². The highest BCUT2D eigenvalue weighted by molar-refractivity contribution is 7.87. The summed E-state index contributed by atoms with van der Waals surface area (Å²) >= 11 is 11.6. The fourth-order valence-electron chi connectivity index (χ4n) is 4.85. The smallest absolute Gasteiger partial charge is 0.249 e. The van der Waals surface area contributed by atoms with E-state index in [4.69, 9.17) is 27.9 Å². The molecule has 0 radical (unpaired) electrons. The van der Waals surface area contributed by atoms with Crippen LogP contribution in [0.3, 0.4) is 0 Å². The van der Waals surface area contributed by atoms with Gasteiger partial charge in [0.1, 0.15) is 23.4 Å². The molecule has 2 saturated carbocycles. The summed E-state index contributed by atoms with van der Waals surface area (Å²) in [6, 6.07) is 23.0. The van der Waals surface area contributed by atoms with E-state index in [-0.39, 0.29) is 35.8 Å². The summed E-state index contributed by atoms with van der Waals surface area (Å²) in [5, 5.41) is 1.48. The summed E-state index contributed by atoms with van der Waals surface area (Å²) < 4.78 is 35.4. The molecule has 3 unspecified atom stereocenters. The Morgan fingerprint density at radius 2 is 1.58 bits per heavy atom. The third kappa shape index (κ3) is 9.76. The summed E-state index contributed by atoms with van der Waals surface area (Å²) in [5.41, 5.74) is 5.76. The number of benzene rings is 3. The van der Waals surface area contributed by atoms with E-state index in [9.17, 15) is 18.2 Å². The molecule has 3 fully saturated rings. The van der Waals surface area contributed by atoms with Gasteiger partial charge in [-0.25, -0.2) is 8.60 Å². The van der Waals surface area contributed by atoms with Crippen molar-refractivity contribution in [2.45, 2.75) is 49.9 Å². The Hall–Kier alpha value is -2.98. The fourth-order valence-corrected chi connectivity index (χ4v) is 6.66. The molecule has 3 aromatic rings. The van der Waals surface area contributed by atoms with Crippen LogP contribution >= 0.6 is 23.2 Å². The minimum absolute atomic E-state index is 0.0265. The second-order valence-corrected chi connectivity index (χ2v) is 13.2. The molecule has 3 aliphatic rings. The van der Waals surface area contributed by atoms with Crippen LogP contribution in [0.5, 0.6) is 0 Å². The number of halogens is 3. The first-order valence-corrected chi connectivity index (χ1v) is 16.1. The number of hydrogen-bond donors (Lipinski definition) is 1. The molecule has 3 atom stereocenters.